The summed E-state index contributed by atoms with van der Waals surface area (Å²) in [6.07, 6.45) is 0.578. The van der Waals surface area contributed by atoms with Gasteiger partial charge in [-0.1, -0.05) is 67.6 Å². The fourth-order valence-corrected chi connectivity index (χ4v) is 7.97. The SMILES string of the molecule is CCN(Cc1ccccc1)S(=O)(=O)c1ccc(C(=O)Nc2sc3c(c2C(=O)NC(=O)NC)CCN(Cc2ccccc2)C3)cc1. The number of benzene rings is 3. The van der Waals surface area contributed by atoms with Crippen LogP contribution >= 0.6 is 11.3 Å². The Morgan fingerprint density at radius 1 is 0.889 bits per heavy atom. The number of carbonyl (C=O) groups is 3. The van der Waals surface area contributed by atoms with E-state index in [1.807, 2.05) is 48.5 Å². The largest absolute Gasteiger partial charge is 0.341 e. The van der Waals surface area contributed by atoms with Crippen LogP contribution in [0.5, 0.6) is 0 Å². The molecule has 0 spiro atoms. The molecule has 4 aromatic rings. The maximum Gasteiger partial charge on any atom is 0.321 e. The van der Waals surface area contributed by atoms with Crippen molar-refractivity contribution in [1.82, 2.24) is 19.8 Å². The van der Waals surface area contributed by atoms with E-state index in [1.54, 1.807) is 6.92 Å². The molecular formula is C33H35N5O5S2. The molecule has 10 nitrogen and oxygen atoms in total. The topological polar surface area (TPSA) is 128 Å². The van der Waals surface area contributed by atoms with E-state index in [0.29, 0.717) is 24.5 Å². The van der Waals surface area contributed by atoms with Crippen molar-refractivity contribution in [3.63, 3.8) is 0 Å². The molecule has 0 atom stereocenters. The number of hydrogen-bond acceptors (Lipinski definition) is 7. The van der Waals surface area contributed by atoms with Crippen LogP contribution in [0.2, 0.25) is 0 Å². The number of anilines is 1. The summed E-state index contributed by atoms with van der Waals surface area (Å²) in [6, 6.07) is 24.5. The molecule has 1 aliphatic rings. The third-order valence-corrected chi connectivity index (χ3v) is 10.7. The molecule has 0 radical (unpaired) electrons. The van der Waals surface area contributed by atoms with Crippen LogP contribution in [0.25, 0.3) is 0 Å². The molecule has 2 heterocycles. The Morgan fingerprint density at radius 2 is 1.53 bits per heavy atom. The minimum Gasteiger partial charge on any atom is -0.341 e. The van der Waals surface area contributed by atoms with Crippen molar-refractivity contribution >= 4 is 44.2 Å². The first kappa shape index (κ1) is 32.0. The van der Waals surface area contributed by atoms with E-state index in [0.717, 1.165) is 22.5 Å². The molecule has 0 fully saturated rings. The second-order valence-corrected chi connectivity index (χ2v) is 13.6. The fourth-order valence-electron chi connectivity index (χ4n) is 5.25. The van der Waals surface area contributed by atoms with Crippen LogP contribution in [0.3, 0.4) is 0 Å². The monoisotopic (exact) mass is 645 g/mol. The lowest BCUT2D eigenvalue weighted by Crippen LogP contribution is -2.38. The molecule has 3 aromatic carbocycles. The van der Waals surface area contributed by atoms with Crippen molar-refractivity contribution in [2.24, 2.45) is 0 Å². The van der Waals surface area contributed by atoms with E-state index in [1.165, 1.54) is 52.5 Å². The molecule has 0 bridgehead atoms. The molecule has 234 valence electrons. The van der Waals surface area contributed by atoms with Crippen molar-refractivity contribution in [1.29, 1.82) is 0 Å². The highest BCUT2D eigenvalue weighted by Gasteiger charge is 2.30. The molecule has 3 N–H and O–H groups in total. The number of thiophene rings is 1. The number of fused-ring (bicyclic) bond motifs is 1. The maximum atomic E-state index is 13.4. The zero-order valence-corrected chi connectivity index (χ0v) is 26.7. The van der Waals surface area contributed by atoms with E-state index in [9.17, 15) is 22.8 Å². The first-order valence-electron chi connectivity index (χ1n) is 14.6. The average molecular weight is 646 g/mol. The number of urea groups is 1. The number of imide groups is 1. The van der Waals surface area contributed by atoms with Gasteiger partial charge in [-0.3, -0.25) is 19.8 Å². The Bertz CT molecular complexity index is 1780. The van der Waals surface area contributed by atoms with Crippen molar-refractivity contribution in [3.05, 3.63) is 118 Å². The van der Waals surface area contributed by atoms with Gasteiger partial charge < -0.3 is 10.6 Å². The summed E-state index contributed by atoms with van der Waals surface area (Å²) in [5.41, 5.74) is 3.36. The van der Waals surface area contributed by atoms with Crippen LogP contribution in [0.15, 0.2) is 89.8 Å². The second-order valence-electron chi connectivity index (χ2n) is 10.6. The summed E-state index contributed by atoms with van der Waals surface area (Å²) in [4.78, 5) is 41.9. The lowest BCUT2D eigenvalue weighted by Gasteiger charge is -2.27. The van der Waals surface area contributed by atoms with Gasteiger partial charge in [0.2, 0.25) is 10.0 Å². The third kappa shape index (κ3) is 7.48. The highest BCUT2D eigenvalue weighted by Crippen LogP contribution is 2.38. The lowest BCUT2D eigenvalue weighted by molar-refractivity contribution is 0.0964. The molecule has 1 aromatic heterocycles. The quantitative estimate of drug-likeness (QED) is 0.227. The van der Waals surface area contributed by atoms with Crippen molar-refractivity contribution < 1.29 is 22.8 Å². The smallest absolute Gasteiger partial charge is 0.321 e. The fraction of sp³-hybridized carbons (Fsp3) is 0.242. The van der Waals surface area contributed by atoms with Crippen LogP contribution in [0, 0.1) is 0 Å². The molecule has 5 rings (SSSR count). The van der Waals surface area contributed by atoms with Crippen molar-refractivity contribution in [2.45, 2.75) is 37.9 Å². The van der Waals surface area contributed by atoms with Crippen LogP contribution in [0.1, 0.15) is 49.2 Å². The van der Waals surface area contributed by atoms with E-state index in [2.05, 4.69) is 33.0 Å². The Kier molecular flexibility index (Phi) is 10.1. The number of rotatable bonds is 10. The molecule has 0 saturated heterocycles. The molecular weight excluding hydrogens is 611 g/mol. The van der Waals surface area contributed by atoms with E-state index < -0.39 is 27.9 Å². The molecule has 1 aliphatic heterocycles. The van der Waals surface area contributed by atoms with Gasteiger partial charge in [0.15, 0.2) is 0 Å². The van der Waals surface area contributed by atoms with Gasteiger partial charge in [0.1, 0.15) is 5.00 Å². The number of carbonyl (C=O) groups excluding carboxylic acids is 3. The number of hydrogen-bond donors (Lipinski definition) is 3. The van der Waals surface area contributed by atoms with Gasteiger partial charge in [0.25, 0.3) is 11.8 Å². The Balaban J connectivity index is 1.36. The normalized spacial score (nSPS) is 13.2. The van der Waals surface area contributed by atoms with Crippen LogP contribution in [0.4, 0.5) is 9.80 Å². The number of nitrogens with zero attached hydrogens (tertiary/aromatic N) is 2. The number of sulfonamides is 1. The van der Waals surface area contributed by atoms with E-state index >= 15 is 0 Å². The van der Waals surface area contributed by atoms with Gasteiger partial charge in [0.05, 0.1) is 10.5 Å². The highest BCUT2D eigenvalue weighted by atomic mass is 32.2. The standard InChI is InChI=1S/C33H35N5O5S2/c1-3-38(21-24-12-8-5-9-13-24)45(42,43)26-16-14-25(15-17-26)30(39)35-32-29(31(40)36-33(41)34-2)27-18-19-37(22-28(27)44-32)20-23-10-6-4-7-11-23/h4-17H,3,18-22H2,1-2H3,(H,35,39)(H2,34,36,40,41). The summed E-state index contributed by atoms with van der Waals surface area (Å²) in [7, 11) is -2.39. The van der Waals surface area contributed by atoms with Crippen molar-refractivity contribution in [3.8, 4) is 0 Å². The Hall–Kier alpha value is -4.36. The number of amides is 4. The summed E-state index contributed by atoms with van der Waals surface area (Å²) >= 11 is 1.31. The van der Waals surface area contributed by atoms with Gasteiger partial charge in [-0.25, -0.2) is 13.2 Å². The van der Waals surface area contributed by atoms with Crippen molar-refractivity contribution in [2.75, 3.05) is 25.5 Å². The summed E-state index contributed by atoms with van der Waals surface area (Å²) in [6.45, 7) is 4.34. The van der Waals surface area contributed by atoms with E-state index in [-0.39, 0.29) is 29.1 Å². The van der Waals surface area contributed by atoms with Gasteiger partial charge >= 0.3 is 6.03 Å². The summed E-state index contributed by atoms with van der Waals surface area (Å²) in [5.74, 6) is -1.09. The first-order chi connectivity index (χ1) is 21.7. The van der Waals surface area contributed by atoms with Gasteiger partial charge in [0, 0.05) is 50.2 Å². The van der Waals surface area contributed by atoms with Crippen LogP contribution in [-0.2, 0) is 36.1 Å². The van der Waals surface area contributed by atoms with Crippen LogP contribution in [-0.4, -0.2) is 55.6 Å². The van der Waals surface area contributed by atoms with E-state index in [4.69, 9.17) is 0 Å². The summed E-state index contributed by atoms with van der Waals surface area (Å²) < 4.78 is 28.1. The van der Waals surface area contributed by atoms with Crippen LogP contribution < -0.4 is 16.0 Å². The minimum atomic E-state index is -3.80. The molecule has 4 amide bonds. The highest BCUT2D eigenvalue weighted by molar-refractivity contribution is 7.89. The average Bonchev–Trinajstić information content (AvgIpc) is 3.41. The molecule has 0 saturated carbocycles. The van der Waals surface area contributed by atoms with Gasteiger partial charge in [-0.15, -0.1) is 11.3 Å². The predicted octanol–water partition coefficient (Wildman–Crippen LogP) is 4.84. The molecule has 0 unspecified atom stereocenters. The number of nitrogens with one attached hydrogen (secondary N) is 3. The zero-order chi connectivity index (χ0) is 32.0. The minimum absolute atomic E-state index is 0.0765. The maximum absolute atomic E-state index is 13.4. The predicted molar refractivity (Wildman–Crippen MR) is 175 cm³/mol. The lowest BCUT2D eigenvalue weighted by atomic mass is 10.0. The second kappa shape index (κ2) is 14.2. The summed E-state index contributed by atoms with van der Waals surface area (Å²) in [5, 5.41) is 7.90. The zero-order valence-electron chi connectivity index (χ0n) is 25.1. The van der Waals surface area contributed by atoms with Gasteiger partial charge in [-0.2, -0.15) is 4.31 Å². The Morgan fingerprint density at radius 3 is 2.16 bits per heavy atom. The molecule has 0 aliphatic carbocycles. The van der Waals surface area contributed by atoms with Gasteiger partial charge in [-0.05, 0) is 47.4 Å². The molecule has 12 heteroatoms. The third-order valence-electron chi connectivity index (χ3n) is 7.60. The molecule has 45 heavy (non-hydrogen) atoms. The first-order valence-corrected chi connectivity index (χ1v) is 16.8. The Labute approximate surface area is 267 Å².